The molecule has 8 nitrogen and oxygen atoms in total. The van der Waals surface area contributed by atoms with E-state index in [1.54, 1.807) is 37.5 Å². The van der Waals surface area contributed by atoms with Gasteiger partial charge in [-0.15, -0.1) is 5.10 Å². The lowest BCUT2D eigenvalue weighted by Gasteiger charge is -2.12. The van der Waals surface area contributed by atoms with Crippen molar-refractivity contribution in [1.29, 1.82) is 0 Å². The summed E-state index contributed by atoms with van der Waals surface area (Å²) in [5.74, 6) is 0.306. The second-order valence-electron chi connectivity index (χ2n) is 6.30. The first-order valence-electron chi connectivity index (χ1n) is 8.58. The van der Waals surface area contributed by atoms with E-state index in [4.69, 9.17) is 0 Å². The first kappa shape index (κ1) is 18.4. The average molecular weight is 366 g/mol. The molecule has 27 heavy (non-hydrogen) atoms. The molecule has 1 aromatic carbocycles. The molecule has 140 valence electrons. The molecular formula is C19H22N6O2. The van der Waals surface area contributed by atoms with Crippen molar-refractivity contribution >= 4 is 11.6 Å². The van der Waals surface area contributed by atoms with Crippen LogP contribution in [0.1, 0.15) is 10.4 Å². The maximum absolute atomic E-state index is 12.3. The van der Waals surface area contributed by atoms with Crippen molar-refractivity contribution in [3.63, 3.8) is 0 Å². The number of pyridine rings is 1. The van der Waals surface area contributed by atoms with Crippen molar-refractivity contribution < 1.29 is 4.79 Å². The van der Waals surface area contributed by atoms with E-state index in [0.29, 0.717) is 23.6 Å². The highest BCUT2D eigenvalue weighted by atomic mass is 16.2. The summed E-state index contributed by atoms with van der Waals surface area (Å²) in [4.78, 5) is 30.8. The van der Waals surface area contributed by atoms with Crippen molar-refractivity contribution in [1.82, 2.24) is 24.6 Å². The van der Waals surface area contributed by atoms with Gasteiger partial charge in [-0.2, -0.15) is 0 Å². The van der Waals surface area contributed by atoms with E-state index < -0.39 is 0 Å². The summed E-state index contributed by atoms with van der Waals surface area (Å²) in [5.41, 5.74) is 1.97. The standard InChI is InChI=1S/C19H22N6O2/c1-23(2)15-9-7-14(8-10-15)18(26)21-12-13-25-19(27)24(3)17(22-25)16-6-4-5-11-20-16/h4-11H,12-13H2,1-3H3,(H,21,26). The molecule has 3 aromatic rings. The van der Waals surface area contributed by atoms with Crippen LogP contribution < -0.4 is 15.9 Å². The highest BCUT2D eigenvalue weighted by molar-refractivity contribution is 5.94. The Bertz CT molecular complexity index is 974. The van der Waals surface area contributed by atoms with Crippen LogP contribution in [-0.2, 0) is 13.6 Å². The lowest BCUT2D eigenvalue weighted by atomic mass is 10.2. The van der Waals surface area contributed by atoms with Gasteiger partial charge in [0.1, 0.15) is 5.69 Å². The Kier molecular flexibility index (Phi) is 5.35. The van der Waals surface area contributed by atoms with Gasteiger partial charge in [0.2, 0.25) is 0 Å². The summed E-state index contributed by atoms with van der Waals surface area (Å²) >= 11 is 0. The van der Waals surface area contributed by atoms with Gasteiger partial charge in [-0.3, -0.25) is 14.3 Å². The minimum atomic E-state index is -0.250. The molecule has 1 amide bonds. The molecule has 0 unspecified atom stereocenters. The molecule has 0 spiro atoms. The number of aromatic nitrogens is 4. The Labute approximate surface area is 157 Å². The van der Waals surface area contributed by atoms with Crippen LogP contribution in [-0.4, -0.2) is 45.9 Å². The number of carbonyl (C=O) groups excluding carboxylic acids is 1. The molecular weight excluding hydrogens is 344 g/mol. The van der Waals surface area contributed by atoms with E-state index >= 15 is 0 Å². The highest BCUT2D eigenvalue weighted by Gasteiger charge is 2.13. The van der Waals surface area contributed by atoms with Gasteiger partial charge >= 0.3 is 5.69 Å². The number of nitrogens with one attached hydrogen (secondary N) is 1. The van der Waals surface area contributed by atoms with Crippen LogP contribution >= 0.6 is 0 Å². The zero-order chi connectivity index (χ0) is 19.4. The van der Waals surface area contributed by atoms with Gasteiger partial charge in [0.05, 0.1) is 6.54 Å². The first-order valence-corrected chi connectivity index (χ1v) is 8.58. The molecule has 0 radical (unpaired) electrons. The zero-order valence-electron chi connectivity index (χ0n) is 15.6. The summed E-state index contributed by atoms with van der Waals surface area (Å²) in [6.45, 7) is 0.577. The van der Waals surface area contributed by atoms with Crippen LogP contribution in [0.4, 0.5) is 5.69 Å². The van der Waals surface area contributed by atoms with Crippen molar-refractivity contribution in [3.05, 3.63) is 64.7 Å². The predicted molar refractivity (Wildman–Crippen MR) is 104 cm³/mol. The molecule has 0 aliphatic rings. The van der Waals surface area contributed by atoms with Gasteiger partial charge < -0.3 is 10.2 Å². The molecule has 0 atom stereocenters. The fraction of sp³-hybridized carbons (Fsp3) is 0.263. The van der Waals surface area contributed by atoms with Gasteiger partial charge in [-0.05, 0) is 36.4 Å². The van der Waals surface area contributed by atoms with Gasteiger partial charge in [-0.1, -0.05) is 6.07 Å². The van der Waals surface area contributed by atoms with E-state index in [0.717, 1.165) is 5.69 Å². The van der Waals surface area contributed by atoms with Crippen LogP contribution in [0, 0.1) is 0 Å². The number of carbonyl (C=O) groups is 1. The van der Waals surface area contributed by atoms with Crippen LogP contribution in [0.3, 0.4) is 0 Å². The number of nitrogens with zero attached hydrogens (tertiary/aromatic N) is 5. The number of hydrogen-bond donors (Lipinski definition) is 1. The smallest absolute Gasteiger partial charge is 0.346 e. The lowest BCUT2D eigenvalue weighted by molar-refractivity contribution is 0.0952. The number of hydrogen-bond acceptors (Lipinski definition) is 5. The van der Waals surface area contributed by atoms with E-state index in [-0.39, 0.29) is 18.1 Å². The maximum atomic E-state index is 12.3. The molecule has 2 heterocycles. The van der Waals surface area contributed by atoms with Crippen molar-refractivity contribution in [2.45, 2.75) is 6.54 Å². The minimum Gasteiger partial charge on any atom is -0.378 e. The number of amides is 1. The molecule has 1 N–H and O–H groups in total. The van der Waals surface area contributed by atoms with E-state index in [1.165, 1.54) is 9.25 Å². The summed E-state index contributed by atoms with van der Waals surface area (Å²) < 4.78 is 2.78. The Hall–Kier alpha value is -3.42. The van der Waals surface area contributed by atoms with E-state index in [2.05, 4.69) is 15.4 Å². The fourth-order valence-corrected chi connectivity index (χ4v) is 2.64. The lowest BCUT2D eigenvalue weighted by Crippen LogP contribution is -2.31. The van der Waals surface area contributed by atoms with E-state index in [1.807, 2.05) is 37.2 Å². The minimum absolute atomic E-state index is 0.186. The van der Waals surface area contributed by atoms with Crippen LogP contribution in [0.25, 0.3) is 11.5 Å². The Morgan fingerprint density at radius 1 is 1.15 bits per heavy atom. The quantitative estimate of drug-likeness (QED) is 0.707. The molecule has 0 saturated heterocycles. The van der Waals surface area contributed by atoms with Crippen molar-refractivity contribution in [3.8, 4) is 11.5 Å². The molecule has 2 aromatic heterocycles. The summed E-state index contributed by atoms with van der Waals surface area (Å²) in [6, 6.07) is 12.8. The van der Waals surface area contributed by atoms with Crippen molar-refractivity contribution in [2.75, 3.05) is 25.5 Å². The maximum Gasteiger partial charge on any atom is 0.346 e. The topological polar surface area (TPSA) is 85.1 Å². The Balaban J connectivity index is 1.64. The Morgan fingerprint density at radius 2 is 1.89 bits per heavy atom. The van der Waals surface area contributed by atoms with Crippen LogP contribution in [0.5, 0.6) is 0 Å². The molecule has 0 aliphatic heterocycles. The average Bonchev–Trinajstić information content (AvgIpc) is 2.97. The van der Waals surface area contributed by atoms with Crippen LogP contribution in [0.15, 0.2) is 53.5 Å². The molecule has 8 heteroatoms. The normalized spacial score (nSPS) is 10.6. The molecule has 3 rings (SSSR count). The molecule has 0 aliphatic carbocycles. The fourth-order valence-electron chi connectivity index (χ4n) is 2.64. The SMILES string of the molecule is CN(C)c1ccc(C(=O)NCCn2nc(-c3ccccn3)n(C)c2=O)cc1. The molecule has 0 bridgehead atoms. The number of anilines is 1. The predicted octanol–water partition coefficient (Wildman–Crippen LogP) is 1.14. The van der Waals surface area contributed by atoms with Gasteiger partial charge in [0.15, 0.2) is 5.82 Å². The molecule has 0 saturated carbocycles. The van der Waals surface area contributed by atoms with Gasteiger partial charge in [0.25, 0.3) is 5.91 Å². The van der Waals surface area contributed by atoms with E-state index in [9.17, 15) is 9.59 Å². The zero-order valence-corrected chi connectivity index (χ0v) is 15.6. The van der Waals surface area contributed by atoms with Gasteiger partial charge in [0, 0.05) is 45.1 Å². The van der Waals surface area contributed by atoms with Crippen molar-refractivity contribution in [2.24, 2.45) is 7.05 Å². The summed E-state index contributed by atoms with van der Waals surface area (Å²) in [7, 11) is 5.54. The number of benzene rings is 1. The first-order chi connectivity index (χ1) is 13.0. The summed E-state index contributed by atoms with van der Waals surface area (Å²) in [6.07, 6.45) is 1.65. The summed E-state index contributed by atoms with van der Waals surface area (Å²) in [5, 5.41) is 7.14. The second-order valence-corrected chi connectivity index (χ2v) is 6.30. The molecule has 0 fully saturated rings. The number of rotatable bonds is 6. The Morgan fingerprint density at radius 3 is 2.52 bits per heavy atom. The monoisotopic (exact) mass is 366 g/mol. The van der Waals surface area contributed by atoms with Crippen LogP contribution in [0.2, 0.25) is 0 Å². The highest BCUT2D eigenvalue weighted by Crippen LogP contribution is 2.12. The third-order valence-corrected chi connectivity index (χ3v) is 4.19. The van der Waals surface area contributed by atoms with Gasteiger partial charge in [-0.25, -0.2) is 9.48 Å². The second kappa shape index (κ2) is 7.86. The largest absolute Gasteiger partial charge is 0.378 e. The third-order valence-electron chi connectivity index (χ3n) is 4.19. The third kappa shape index (κ3) is 4.05.